The Morgan fingerprint density at radius 1 is 0.848 bits per heavy atom. The minimum Gasteiger partial charge on any atom is -0.494 e. The number of carboxylic acid groups (broad SMARTS) is 1. The average Bonchev–Trinajstić information content (AvgIpc) is 2.81. The number of nitrogens with one attached hydrogen (secondary N) is 1. The summed E-state index contributed by atoms with van der Waals surface area (Å²) < 4.78 is 5.73. The van der Waals surface area contributed by atoms with Crippen molar-refractivity contribution >= 4 is 46.5 Å². The predicted molar refractivity (Wildman–Crippen MR) is 132 cm³/mol. The lowest BCUT2D eigenvalue weighted by molar-refractivity contribution is -0.116. The fourth-order valence-electron chi connectivity index (χ4n) is 3.15. The Morgan fingerprint density at radius 2 is 1.45 bits per heavy atom. The van der Waals surface area contributed by atoms with Crippen LogP contribution in [0.2, 0.25) is 10.0 Å². The van der Waals surface area contributed by atoms with E-state index in [1.807, 2.05) is 24.3 Å². The molecule has 0 unspecified atom stereocenters. The van der Waals surface area contributed by atoms with Gasteiger partial charge in [-0.2, -0.15) is 0 Å². The van der Waals surface area contributed by atoms with Gasteiger partial charge in [-0.25, -0.2) is 4.79 Å². The number of hydrogen-bond donors (Lipinski definition) is 2. The first-order chi connectivity index (χ1) is 15.9. The molecular formula is C25H24Cl2N2O4. The van der Waals surface area contributed by atoms with Crippen molar-refractivity contribution in [1.82, 2.24) is 0 Å². The maximum absolute atomic E-state index is 12.4. The van der Waals surface area contributed by atoms with Crippen LogP contribution in [0.1, 0.15) is 23.2 Å². The number of halogens is 2. The van der Waals surface area contributed by atoms with Gasteiger partial charge in [-0.3, -0.25) is 4.79 Å². The minimum absolute atomic E-state index is 0.0916. The van der Waals surface area contributed by atoms with E-state index in [2.05, 4.69) is 10.2 Å². The Morgan fingerprint density at radius 3 is 2.06 bits per heavy atom. The van der Waals surface area contributed by atoms with Crippen LogP contribution in [0.15, 0.2) is 72.8 Å². The molecule has 0 heterocycles. The smallest absolute Gasteiger partial charge is 0.335 e. The summed E-state index contributed by atoms with van der Waals surface area (Å²) in [6.45, 7) is 1.64. The molecule has 0 aromatic heterocycles. The average molecular weight is 487 g/mol. The van der Waals surface area contributed by atoms with E-state index >= 15 is 0 Å². The van der Waals surface area contributed by atoms with Gasteiger partial charge in [0.25, 0.3) is 0 Å². The number of aromatic carboxylic acids is 1. The Kier molecular flexibility index (Phi) is 8.98. The number of carbonyl (C=O) groups excluding carboxylic acids is 1. The zero-order chi connectivity index (χ0) is 23.6. The van der Waals surface area contributed by atoms with Gasteiger partial charge >= 0.3 is 5.97 Å². The number of rotatable bonds is 11. The number of ether oxygens (including phenoxy) is 1. The van der Waals surface area contributed by atoms with Crippen LogP contribution >= 0.6 is 23.2 Å². The van der Waals surface area contributed by atoms with Gasteiger partial charge in [0.15, 0.2) is 0 Å². The standard InChI is InChI=1S/C25H24Cl2N2O4/c26-19-4-8-21(9-5-19)28-24(30)14-16-29(22-10-6-20(27)7-11-22)15-1-17-33-23-12-2-18(3-13-23)25(31)32/h2-13H,1,14-17H2,(H,28,30)(H,31,32). The molecule has 8 heteroatoms. The quantitative estimate of drug-likeness (QED) is 0.325. The summed E-state index contributed by atoms with van der Waals surface area (Å²) in [5.74, 6) is -0.452. The molecule has 3 aromatic rings. The topological polar surface area (TPSA) is 78.9 Å². The first-order valence-corrected chi connectivity index (χ1v) is 11.2. The maximum Gasteiger partial charge on any atom is 0.335 e. The van der Waals surface area contributed by atoms with Crippen LogP contribution in [-0.2, 0) is 4.79 Å². The van der Waals surface area contributed by atoms with E-state index in [4.69, 9.17) is 33.0 Å². The lowest BCUT2D eigenvalue weighted by atomic mass is 10.2. The molecule has 0 saturated heterocycles. The van der Waals surface area contributed by atoms with Gasteiger partial charge < -0.3 is 20.1 Å². The van der Waals surface area contributed by atoms with Crippen LogP contribution in [0.25, 0.3) is 0 Å². The lowest BCUT2D eigenvalue weighted by Gasteiger charge is -2.25. The maximum atomic E-state index is 12.4. The van der Waals surface area contributed by atoms with Crippen molar-refractivity contribution in [1.29, 1.82) is 0 Å². The highest BCUT2D eigenvalue weighted by Gasteiger charge is 2.11. The Labute approximate surface area is 202 Å². The number of anilines is 2. The van der Waals surface area contributed by atoms with Crippen LogP contribution in [0, 0.1) is 0 Å². The van der Waals surface area contributed by atoms with Gasteiger partial charge in [-0.1, -0.05) is 23.2 Å². The molecule has 0 aliphatic rings. The fraction of sp³-hybridized carbons (Fsp3) is 0.200. The number of nitrogens with zero attached hydrogens (tertiary/aromatic N) is 1. The van der Waals surface area contributed by atoms with E-state index in [-0.39, 0.29) is 11.5 Å². The zero-order valence-corrected chi connectivity index (χ0v) is 19.4. The van der Waals surface area contributed by atoms with Crippen molar-refractivity contribution in [3.05, 3.63) is 88.4 Å². The third kappa shape index (κ3) is 8.00. The number of hydrogen-bond acceptors (Lipinski definition) is 4. The van der Waals surface area contributed by atoms with Crippen molar-refractivity contribution in [2.24, 2.45) is 0 Å². The third-order valence-electron chi connectivity index (χ3n) is 4.87. The highest BCUT2D eigenvalue weighted by Crippen LogP contribution is 2.20. The first kappa shape index (κ1) is 24.4. The lowest BCUT2D eigenvalue weighted by Crippen LogP contribution is -2.29. The van der Waals surface area contributed by atoms with Gasteiger partial charge in [0.2, 0.25) is 5.91 Å². The monoisotopic (exact) mass is 486 g/mol. The van der Waals surface area contributed by atoms with Gasteiger partial charge in [0.05, 0.1) is 12.2 Å². The summed E-state index contributed by atoms with van der Waals surface area (Å²) in [5, 5.41) is 13.1. The van der Waals surface area contributed by atoms with Crippen molar-refractivity contribution in [2.45, 2.75) is 12.8 Å². The molecule has 0 spiro atoms. The Balaban J connectivity index is 1.52. The molecule has 3 aromatic carbocycles. The normalized spacial score (nSPS) is 10.5. The molecule has 0 bridgehead atoms. The van der Waals surface area contributed by atoms with Crippen LogP contribution in [0.4, 0.5) is 11.4 Å². The SMILES string of the molecule is O=C(CCN(CCCOc1ccc(C(=O)O)cc1)c1ccc(Cl)cc1)Nc1ccc(Cl)cc1. The van der Waals surface area contributed by atoms with E-state index in [0.29, 0.717) is 54.0 Å². The summed E-state index contributed by atoms with van der Waals surface area (Å²) in [4.78, 5) is 25.5. The molecule has 3 rings (SSSR count). The molecule has 172 valence electrons. The number of carbonyl (C=O) groups is 2. The molecule has 6 nitrogen and oxygen atoms in total. The molecule has 1 amide bonds. The summed E-state index contributed by atoms with van der Waals surface area (Å²) in [6.07, 6.45) is 1.02. The van der Waals surface area contributed by atoms with Crippen molar-refractivity contribution in [2.75, 3.05) is 29.9 Å². The number of benzene rings is 3. The van der Waals surface area contributed by atoms with Crippen LogP contribution in [0.3, 0.4) is 0 Å². The van der Waals surface area contributed by atoms with Crippen molar-refractivity contribution < 1.29 is 19.4 Å². The second-order valence-corrected chi connectivity index (χ2v) is 8.17. The number of carboxylic acids is 1. The van der Waals surface area contributed by atoms with Crippen LogP contribution < -0.4 is 15.0 Å². The van der Waals surface area contributed by atoms with E-state index < -0.39 is 5.97 Å². The summed E-state index contributed by atoms with van der Waals surface area (Å²) in [7, 11) is 0. The van der Waals surface area contributed by atoms with Crippen molar-refractivity contribution in [3.63, 3.8) is 0 Å². The van der Waals surface area contributed by atoms with E-state index in [1.54, 1.807) is 36.4 Å². The largest absolute Gasteiger partial charge is 0.494 e. The molecule has 0 aliphatic heterocycles. The predicted octanol–water partition coefficient (Wildman–Crippen LogP) is 6.00. The third-order valence-corrected chi connectivity index (χ3v) is 5.37. The number of amides is 1. The highest BCUT2D eigenvalue weighted by molar-refractivity contribution is 6.30. The van der Waals surface area contributed by atoms with Crippen LogP contribution in [-0.4, -0.2) is 36.7 Å². The molecule has 0 atom stereocenters. The summed E-state index contributed by atoms with van der Waals surface area (Å²) in [6, 6.07) is 20.8. The highest BCUT2D eigenvalue weighted by atomic mass is 35.5. The molecule has 2 N–H and O–H groups in total. The first-order valence-electron chi connectivity index (χ1n) is 10.4. The van der Waals surface area contributed by atoms with E-state index in [9.17, 15) is 9.59 Å². The van der Waals surface area contributed by atoms with Gasteiger partial charge in [-0.15, -0.1) is 0 Å². The Hall–Kier alpha value is -3.22. The molecule has 33 heavy (non-hydrogen) atoms. The Bertz CT molecular complexity index is 1060. The van der Waals surface area contributed by atoms with Gasteiger partial charge in [-0.05, 0) is 79.2 Å². The van der Waals surface area contributed by atoms with Crippen LogP contribution in [0.5, 0.6) is 5.75 Å². The summed E-state index contributed by atoms with van der Waals surface area (Å²) in [5.41, 5.74) is 1.88. The van der Waals surface area contributed by atoms with Crippen molar-refractivity contribution in [3.8, 4) is 5.75 Å². The molecule has 0 radical (unpaired) electrons. The summed E-state index contributed by atoms with van der Waals surface area (Å²) >= 11 is 11.9. The van der Waals surface area contributed by atoms with E-state index in [1.165, 1.54) is 12.1 Å². The van der Waals surface area contributed by atoms with Gasteiger partial charge in [0, 0.05) is 40.9 Å². The zero-order valence-electron chi connectivity index (χ0n) is 17.8. The van der Waals surface area contributed by atoms with E-state index in [0.717, 1.165) is 5.69 Å². The minimum atomic E-state index is -0.972. The van der Waals surface area contributed by atoms with Gasteiger partial charge in [0.1, 0.15) is 5.75 Å². The fourth-order valence-corrected chi connectivity index (χ4v) is 3.41. The molecular weight excluding hydrogens is 463 g/mol. The second kappa shape index (κ2) is 12.1. The second-order valence-electron chi connectivity index (χ2n) is 7.30. The molecule has 0 aliphatic carbocycles. The molecule has 0 fully saturated rings. The molecule has 0 saturated carbocycles.